The third kappa shape index (κ3) is 22.6. The Kier molecular flexibility index (Phi) is 30.8. The number of carbonyl (C=O) groups excluding carboxylic acids is 3. The van der Waals surface area contributed by atoms with Gasteiger partial charge in [0.15, 0.2) is 5.78 Å². The van der Waals surface area contributed by atoms with Crippen molar-refractivity contribution in [2.24, 2.45) is 0 Å². The zero-order valence-corrected chi connectivity index (χ0v) is 10.7. The molecule has 0 radical (unpaired) electrons. The molecule has 0 heterocycles. The number of Topliss-reactive ketones (excluding diaryl/α,β-unsaturated/α-hetero) is 1. The third-order valence-corrected chi connectivity index (χ3v) is 0.533. The zero-order valence-electron chi connectivity index (χ0n) is 8.66. The van der Waals surface area contributed by atoms with Crippen molar-refractivity contribution < 1.29 is 54.2 Å². The smallest absolute Gasteiger partial charge is 0.550 e. The van der Waals surface area contributed by atoms with Crippen molar-refractivity contribution >= 4 is 17.7 Å². The standard InChI is InChI=1S/C4H4O5.2C2H5.Na/c5-2(4(8)9)1-3(6)7;2*1-2;/h1H2,(H,6,7)(H,8,9);2*1H2,2H3;/q;2*-1;+1/p-2. The fourth-order valence-electron chi connectivity index (χ4n) is 0.203. The van der Waals surface area contributed by atoms with Crippen LogP contribution in [-0.4, -0.2) is 17.7 Å². The van der Waals surface area contributed by atoms with E-state index in [1.165, 1.54) is 0 Å². The van der Waals surface area contributed by atoms with Gasteiger partial charge in [-0.25, -0.2) is 0 Å². The molecule has 0 aliphatic rings. The molecule has 0 saturated carbocycles. The van der Waals surface area contributed by atoms with Crippen LogP contribution >= 0.6 is 0 Å². The maximum absolute atomic E-state index is 9.87. The summed E-state index contributed by atoms with van der Waals surface area (Å²) in [6, 6.07) is 0. The summed E-state index contributed by atoms with van der Waals surface area (Å²) >= 11 is 0. The van der Waals surface area contributed by atoms with E-state index in [1.54, 1.807) is 13.8 Å². The van der Waals surface area contributed by atoms with Gasteiger partial charge in [0, 0.05) is 5.97 Å². The minimum atomic E-state index is -2.00. The third-order valence-electron chi connectivity index (χ3n) is 0.533. The molecule has 0 fully saturated rings. The maximum atomic E-state index is 9.87. The van der Waals surface area contributed by atoms with Gasteiger partial charge in [0.2, 0.25) is 0 Å². The molecule has 0 bridgehead atoms. The second kappa shape index (κ2) is 18.4. The summed E-state index contributed by atoms with van der Waals surface area (Å²) in [5.74, 6) is -5.20. The first kappa shape index (κ1) is 23.4. The van der Waals surface area contributed by atoms with Crippen LogP contribution in [0.2, 0.25) is 0 Å². The van der Waals surface area contributed by atoms with Crippen LogP contribution in [0.25, 0.3) is 0 Å². The Morgan fingerprint density at radius 1 is 1.00 bits per heavy atom. The first-order valence-corrected chi connectivity index (χ1v) is 3.39. The topological polar surface area (TPSA) is 97.3 Å². The van der Waals surface area contributed by atoms with Crippen LogP contribution in [0.4, 0.5) is 0 Å². The maximum Gasteiger partial charge on any atom is 1.00 e. The molecule has 78 valence electrons. The van der Waals surface area contributed by atoms with Crippen LogP contribution in [-0.2, 0) is 14.4 Å². The Balaban J connectivity index is -0.0000000883. The summed E-state index contributed by atoms with van der Waals surface area (Å²) in [6.45, 7) is 10.0. The average molecular weight is 211 g/mol. The fourth-order valence-corrected chi connectivity index (χ4v) is 0.203. The molecule has 0 aromatic rings. The quantitative estimate of drug-likeness (QED) is 0.202. The Hall–Kier alpha value is -0.390. The Morgan fingerprint density at radius 3 is 1.36 bits per heavy atom. The number of ketones is 1. The SMILES string of the molecule is O=C([O-])CC(=O)C(=O)[O-].[CH2-]C.[CH2-]C.[Na+]. The predicted molar refractivity (Wildman–Crippen MR) is 41.7 cm³/mol. The predicted octanol–water partition coefficient (Wildman–Crippen LogP) is -4.87. The van der Waals surface area contributed by atoms with Crippen LogP contribution < -0.4 is 39.8 Å². The monoisotopic (exact) mass is 211 g/mol. The average Bonchev–Trinajstić information content (AvgIpc) is 2.10. The molecule has 14 heavy (non-hydrogen) atoms. The van der Waals surface area contributed by atoms with Crippen molar-refractivity contribution in [2.45, 2.75) is 20.3 Å². The van der Waals surface area contributed by atoms with Crippen LogP contribution in [0, 0.1) is 13.8 Å². The van der Waals surface area contributed by atoms with Crippen molar-refractivity contribution in [3.05, 3.63) is 13.8 Å². The van der Waals surface area contributed by atoms with E-state index < -0.39 is 24.1 Å². The molecular weight excluding hydrogens is 199 g/mol. The van der Waals surface area contributed by atoms with Crippen molar-refractivity contribution in [3.63, 3.8) is 0 Å². The first-order chi connectivity index (χ1) is 6.04. The Bertz CT molecular complexity index is 167. The molecule has 6 heteroatoms. The second-order valence-corrected chi connectivity index (χ2v) is 1.26. The number of rotatable bonds is 3. The van der Waals surface area contributed by atoms with Gasteiger partial charge in [-0.05, 0) is 0 Å². The van der Waals surface area contributed by atoms with Crippen LogP contribution in [0.5, 0.6) is 0 Å². The number of carboxylic acid groups (broad SMARTS) is 2. The molecule has 0 saturated heterocycles. The molecule has 5 nitrogen and oxygen atoms in total. The van der Waals surface area contributed by atoms with E-state index in [1.807, 2.05) is 0 Å². The van der Waals surface area contributed by atoms with Gasteiger partial charge in [-0.1, -0.05) is 0 Å². The number of carboxylic acids is 2. The molecule has 0 unspecified atom stereocenters. The van der Waals surface area contributed by atoms with Crippen LogP contribution in [0.1, 0.15) is 20.3 Å². The van der Waals surface area contributed by atoms with Crippen LogP contribution in [0.3, 0.4) is 0 Å². The normalized spacial score (nSPS) is 6.29. The minimum Gasteiger partial charge on any atom is -0.550 e. The van der Waals surface area contributed by atoms with Gasteiger partial charge in [-0.15, -0.1) is 0 Å². The molecule has 0 N–H and O–H groups in total. The van der Waals surface area contributed by atoms with Gasteiger partial charge >= 0.3 is 29.6 Å². The second-order valence-electron chi connectivity index (χ2n) is 1.26. The number of hydrogen-bond acceptors (Lipinski definition) is 5. The summed E-state index contributed by atoms with van der Waals surface area (Å²) in [5, 5.41) is 19.0. The Labute approximate surface area is 106 Å². The molecule has 0 rings (SSSR count). The van der Waals surface area contributed by atoms with E-state index in [4.69, 9.17) is 0 Å². The molecule has 0 atom stereocenters. The van der Waals surface area contributed by atoms with Crippen molar-refractivity contribution in [2.75, 3.05) is 0 Å². The molecule has 0 aromatic heterocycles. The van der Waals surface area contributed by atoms with E-state index in [0.29, 0.717) is 0 Å². The molecule has 0 amide bonds. The Morgan fingerprint density at radius 2 is 1.29 bits per heavy atom. The van der Waals surface area contributed by atoms with Gasteiger partial charge < -0.3 is 33.6 Å². The first-order valence-electron chi connectivity index (χ1n) is 3.39. The van der Waals surface area contributed by atoms with E-state index >= 15 is 0 Å². The molecule has 0 aromatic carbocycles. The van der Waals surface area contributed by atoms with Crippen molar-refractivity contribution in [3.8, 4) is 0 Å². The van der Waals surface area contributed by atoms with Crippen LogP contribution in [0.15, 0.2) is 0 Å². The minimum absolute atomic E-state index is 0. The summed E-state index contributed by atoms with van der Waals surface area (Å²) in [5.41, 5.74) is 0. The number of hydrogen-bond donors (Lipinski definition) is 0. The molecular formula is C8H12NaO5-3. The summed E-state index contributed by atoms with van der Waals surface area (Å²) < 4.78 is 0. The zero-order chi connectivity index (χ0) is 11.4. The number of carbonyl (C=O) groups is 3. The van der Waals surface area contributed by atoms with Gasteiger partial charge in [0.25, 0.3) is 0 Å². The number of aliphatic carboxylic acids is 2. The van der Waals surface area contributed by atoms with Gasteiger partial charge in [0.1, 0.15) is 5.97 Å². The summed E-state index contributed by atoms with van der Waals surface area (Å²) in [6.07, 6.45) is -1.12. The largest absolute Gasteiger partial charge is 1.00 e. The van der Waals surface area contributed by atoms with E-state index in [2.05, 4.69) is 13.8 Å². The van der Waals surface area contributed by atoms with Crippen molar-refractivity contribution in [1.82, 2.24) is 0 Å². The molecule has 0 aliphatic carbocycles. The van der Waals surface area contributed by atoms with Gasteiger partial charge in [-0.2, -0.15) is 13.8 Å². The van der Waals surface area contributed by atoms with Gasteiger partial charge in [0.05, 0.1) is 6.42 Å². The van der Waals surface area contributed by atoms with E-state index in [9.17, 15) is 24.6 Å². The van der Waals surface area contributed by atoms with E-state index in [0.717, 1.165) is 0 Å². The van der Waals surface area contributed by atoms with E-state index in [-0.39, 0.29) is 29.6 Å². The fraction of sp³-hybridized carbons (Fsp3) is 0.375. The van der Waals surface area contributed by atoms with Gasteiger partial charge in [-0.3, -0.25) is 4.79 Å². The molecule has 0 spiro atoms. The summed E-state index contributed by atoms with van der Waals surface area (Å²) in [4.78, 5) is 28.8. The van der Waals surface area contributed by atoms with Crippen molar-refractivity contribution in [1.29, 1.82) is 0 Å². The molecule has 0 aliphatic heterocycles. The summed E-state index contributed by atoms with van der Waals surface area (Å²) in [7, 11) is 0.